The number of nitrogens with zero attached hydrogens (tertiary/aromatic N) is 4. The van der Waals surface area contributed by atoms with Gasteiger partial charge < -0.3 is 10.6 Å². The van der Waals surface area contributed by atoms with Crippen molar-refractivity contribution in [2.75, 3.05) is 19.8 Å². The maximum Gasteiger partial charge on any atom is 0.212 e. The number of hydrogen-bond acceptors (Lipinski definition) is 0. The average molecular weight is 411 g/mol. The summed E-state index contributed by atoms with van der Waals surface area (Å²) in [7, 11) is 0. The third-order valence-corrected chi connectivity index (χ3v) is 4.84. The number of rotatable bonds is 4. The first-order chi connectivity index (χ1) is 15.3. The lowest BCUT2D eigenvalue weighted by molar-refractivity contribution is -0.661. The lowest BCUT2D eigenvalue weighted by Gasteiger charge is -2.10. The van der Waals surface area contributed by atoms with Crippen molar-refractivity contribution in [2.24, 2.45) is 0 Å². The van der Waals surface area contributed by atoms with E-state index in [0.717, 1.165) is 32.8 Å². The van der Waals surface area contributed by atoms with E-state index >= 15 is 0 Å². The molecule has 31 heavy (non-hydrogen) atoms. The molecule has 4 nitrogen and oxygen atoms in total. The summed E-state index contributed by atoms with van der Waals surface area (Å²) in [5, 5.41) is 10.4. The van der Waals surface area contributed by atoms with Crippen LogP contribution in [0.3, 0.4) is 0 Å². The standard InChI is InChI=1S/2C12H12N.C3H6N2/c2*1-2-9-13-10-5-7-11-6-3-4-8-12(11)13;1-2-5-3-4-1/h2*2-8,10H,1,9H2;1-3H2/q2*+1;-2. The molecule has 0 bridgehead atoms. The lowest BCUT2D eigenvalue weighted by Crippen LogP contribution is -2.32. The third-order valence-electron chi connectivity index (χ3n) is 4.84. The van der Waals surface area contributed by atoms with Gasteiger partial charge in [0.2, 0.25) is 11.0 Å². The zero-order valence-electron chi connectivity index (χ0n) is 18.0. The van der Waals surface area contributed by atoms with E-state index in [4.69, 9.17) is 0 Å². The molecule has 0 amide bonds. The molecule has 1 saturated heterocycles. The van der Waals surface area contributed by atoms with Gasteiger partial charge in [-0.25, -0.2) is 0 Å². The largest absolute Gasteiger partial charge is 0.682 e. The van der Waals surface area contributed by atoms with Crippen LogP contribution in [0.1, 0.15) is 0 Å². The number of para-hydroxylation sites is 2. The highest BCUT2D eigenvalue weighted by molar-refractivity contribution is 5.75. The molecule has 4 heteroatoms. The van der Waals surface area contributed by atoms with Crippen molar-refractivity contribution >= 4 is 21.8 Å². The van der Waals surface area contributed by atoms with E-state index in [2.05, 4.69) is 118 Å². The van der Waals surface area contributed by atoms with Gasteiger partial charge >= 0.3 is 0 Å². The molecular formula is C27H30N4. The Bertz CT molecular complexity index is 1010. The molecule has 0 radical (unpaired) electrons. The van der Waals surface area contributed by atoms with Crippen molar-refractivity contribution in [3.8, 4) is 0 Å². The molecule has 0 N–H and O–H groups in total. The molecule has 4 aromatic rings. The van der Waals surface area contributed by atoms with Crippen molar-refractivity contribution < 1.29 is 9.13 Å². The van der Waals surface area contributed by atoms with E-state index in [9.17, 15) is 0 Å². The minimum Gasteiger partial charge on any atom is -0.682 e. The van der Waals surface area contributed by atoms with Crippen LogP contribution < -0.4 is 9.13 Å². The van der Waals surface area contributed by atoms with Gasteiger partial charge in [0.25, 0.3) is 0 Å². The van der Waals surface area contributed by atoms with E-state index in [-0.39, 0.29) is 0 Å². The van der Waals surface area contributed by atoms with E-state index in [0.29, 0.717) is 0 Å². The maximum absolute atomic E-state index is 3.92. The van der Waals surface area contributed by atoms with Crippen LogP contribution in [-0.2, 0) is 13.1 Å². The third kappa shape index (κ3) is 6.57. The van der Waals surface area contributed by atoms with E-state index in [1.807, 2.05) is 12.2 Å². The predicted molar refractivity (Wildman–Crippen MR) is 130 cm³/mol. The van der Waals surface area contributed by atoms with Crippen LogP contribution in [0.4, 0.5) is 0 Å². The van der Waals surface area contributed by atoms with Gasteiger partial charge in [0, 0.05) is 35.0 Å². The second kappa shape index (κ2) is 12.4. The zero-order valence-corrected chi connectivity index (χ0v) is 18.0. The first-order valence-corrected chi connectivity index (χ1v) is 10.6. The van der Waals surface area contributed by atoms with Crippen LogP contribution >= 0.6 is 0 Å². The topological polar surface area (TPSA) is 36.0 Å². The van der Waals surface area contributed by atoms with Crippen LogP contribution in [0.25, 0.3) is 32.4 Å². The fraction of sp³-hybridized carbons (Fsp3) is 0.185. The van der Waals surface area contributed by atoms with Gasteiger partial charge in [-0.1, -0.05) is 37.4 Å². The molecular weight excluding hydrogens is 380 g/mol. The Morgan fingerprint density at radius 3 is 1.45 bits per heavy atom. The molecule has 0 aliphatic carbocycles. The smallest absolute Gasteiger partial charge is 0.212 e. The summed E-state index contributed by atoms with van der Waals surface area (Å²) in [6, 6.07) is 25.1. The monoisotopic (exact) mass is 410 g/mol. The number of pyridine rings is 2. The summed E-state index contributed by atoms with van der Waals surface area (Å²) in [6.07, 6.45) is 7.97. The molecule has 0 atom stereocenters. The molecule has 2 aromatic heterocycles. The van der Waals surface area contributed by atoms with E-state index in [1.54, 1.807) is 0 Å². The van der Waals surface area contributed by atoms with Gasteiger partial charge in [0.1, 0.15) is 0 Å². The van der Waals surface area contributed by atoms with Crippen molar-refractivity contribution in [1.82, 2.24) is 0 Å². The first kappa shape index (κ1) is 22.3. The average Bonchev–Trinajstić information content (AvgIpc) is 3.41. The minimum absolute atomic E-state index is 0.750. The highest BCUT2D eigenvalue weighted by Crippen LogP contribution is 2.08. The molecule has 1 aliphatic heterocycles. The Balaban J connectivity index is 0.000000144. The Morgan fingerprint density at radius 1 is 0.645 bits per heavy atom. The minimum atomic E-state index is 0.750. The number of fused-ring (bicyclic) bond motifs is 2. The van der Waals surface area contributed by atoms with Gasteiger partial charge in [-0.05, 0) is 36.4 Å². The fourth-order valence-corrected chi connectivity index (χ4v) is 3.39. The quantitative estimate of drug-likeness (QED) is 0.322. The molecule has 0 saturated carbocycles. The zero-order chi connectivity index (χ0) is 21.7. The highest BCUT2D eigenvalue weighted by atomic mass is 15.1. The Morgan fingerprint density at radius 2 is 1.06 bits per heavy atom. The molecule has 0 spiro atoms. The number of aromatic nitrogens is 2. The van der Waals surface area contributed by atoms with Crippen LogP contribution in [0, 0.1) is 0 Å². The summed E-state index contributed by atoms with van der Waals surface area (Å²) in [5.74, 6) is 0. The SMILES string of the molecule is C1C[N-]C[N-]1.C=CC[n+]1cccc2ccccc21.C=CC[n+]1cccc2ccccc21. The van der Waals surface area contributed by atoms with Crippen LogP contribution in [0.5, 0.6) is 0 Å². The predicted octanol–water partition coefficient (Wildman–Crippen LogP) is 5.33. The van der Waals surface area contributed by atoms with Gasteiger partial charge in [-0.3, -0.25) is 6.67 Å². The van der Waals surface area contributed by atoms with E-state index in [1.165, 1.54) is 21.8 Å². The second-order valence-electron chi connectivity index (χ2n) is 7.05. The first-order valence-electron chi connectivity index (χ1n) is 10.6. The molecule has 0 unspecified atom stereocenters. The summed E-state index contributed by atoms with van der Waals surface area (Å²) in [6.45, 7) is 11.9. The van der Waals surface area contributed by atoms with Crippen molar-refractivity contribution in [2.45, 2.75) is 13.1 Å². The maximum atomic E-state index is 3.92. The number of allylic oxidation sites excluding steroid dienone is 2. The molecule has 1 fully saturated rings. The van der Waals surface area contributed by atoms with Gasteiger partial charge in [0.05, 0.1) is 0 Å². The molecule has 3 heterocycles. The van der Waals surface area contributed by atoms with Gasteiger partial charge in [-0.15, -0.1) is 0 Å². The normalized spacial score (nSPS) is 12.4. The van der Waals surface area contributed by atoms with Crippen LogP contribution in [-0.4, -0.2) is 19.8 Å². The molecule has 5 rings (SSSR count). The molecule has 158 valence electrons. The summed E-state index contributed by atoms with van der Waals surface area (Å²) >= 11 is 0. The second-order valence-corrected chi connectivity index (χ2v) is 7.05. The number of benzene rings is 2. The van der Waals surface area contributed by atoms with Crippen LogP contribution in [0.2, 0.25) is 0 Å². The summed E-state index contributed by atoms with van der Waals surface area (Å²) in [4.78, 5) is 0. The van der Waals surface area contributed by atoms with Crippen LogP contribution in [0.15, 0.2) is 111 Å². The lowest BCUT2D eigenvalue weighted by atomic mass is 10.2. The summed E-state index contributed by atoms with van der Waals surface area (Å²) in [5.41, 5.74) is 2.51. The Kier molecular flexibility index (Phi) is 8.92. The fourth-order valence-electron chi connectivity index (χ4n) is 3.39. The number of hydrogen-bond donors (Lipinski definition) is 0. The van der Waals surface area contributed by atoms with Crippen molar-refractivity contribution in [3.63, 3.8) is 0 Å². The van der Waals surface area contributed by atoms with E-state index < -0.39 is 0 Å². The van der Waals surface area contributed by atoms with Gasteiger partial charge in [0.15, 0.2) is 25.5 Å². The van der Waals surface area contributed by atoms with Gasteiger partial charge in [-0.2, -0.15) is 22.2 Å². The summed E-state index contributed by atoms with van der Waals surface area (Å²) < 4.78 is 4.37. The Hall–Kier alpha value is -3.34. The van der Waals surface area contributed by atoms with Crippen molar-refractivity contribution in [1.29, 1.82) is 0 Å². The molecule has 2 aromatic carbocycles. The van der Waals surface area contributed by atoms with Crippen molar-refractivity contribution in [3.05, 3.63) is 121 Å². The molecule has 1 aliphatic rings. The highest BCUT2D eigenvalue weighted by Gasteiger charge is 2.04. The Labute approximate surface area is 185 Å².